The molecule has 1 saturated heterocycles. The first-order chi connectivity index (χ1) is 12.7. The second-order valence-electron chi connectivity index (χ2n) is 6.74. The van der Waals surface area contributed by atoms with E-state index in [1.165, 1.54) is 0 Å². The number of piperidine rings is 1. The van der Waals surface area contributed by atoms with Gasteiger partial charge < -0.3 is 25.7 Å². The fraction of sp³-hybridized carbons (Fsp3) is 0.684. The SMILES string of the molecule is CCNC(=NCCCCN1CCC(C(N)=O)CC1)NCCc1ccco1. The molecule has 7 heteroatoms. The van der Waals surface area contributed by atoms with Crippen LogP contribution in [-0.2, 0) is 11.2 Å². The van der Waals surface area contributed by atoms with Gasteiger partial charge in [-0.3, -0.25) is 9.79 Å². The molecule has 0 bridgehead atoms. The van der Waals surface area contributed by atoms with Crippen molar-refractivity contribution in [2.45, 2.75) is 39.0 Å². The second-order valence-corrected chi connectivity index (χ2v) is 6.74. The van der Waals surface area contributed by atoms with Gasteiger partial charge in [-0.25, -0.2) is 0 Å². The molecule has 1 aromatic rings. The smallest absolute Gasteiger partial charge is 0.220 e. The van der Waals surface area contributed by atoms with Gasteiger partial charge in [-0.2, -0.15) is 0 Å². The van der Waals surface area contributed by atoms with Crippen LogP contribution in [0.2, 0.25) is 0 Å². The number of nitrogens with zero attached hydrogens (tertiary/aromatic N) is 2. The van der Waals surface area contributed by atoms with Gasteiger partial charge in [0.2, 0.25) is 5.91 Å². The lowest BCUT2D eigenvalue weighted by Crippen LogP contribution is -2.39. The van der Waals surface area contributed by atoms with Crippen molar-refractivity contribution < 1.29 is 9.21 Å². The van der Waals surface area contributed by atoms with E-state index < -0.39 is 0 Å². The van der Waals surface area contributed by atoms with Crippen LogP contribution >= 0.6 is 0 Å². The van der Waals surface area contributed by atoms with E-state index in [0.717, 1.165) is 83.1 Å². The molecule has 26 heavy (non-hydrogen) atoms. The summed E-state index contributed by atoms with van der Waals surface area (Å²) in [5.41, 5.74) is 5.38. The Balaban J connectivity index is 1.58. The molecule has 1 aliphatic heterocycles. The monoisotopic (exact) mass is 363 g/mol. The van der Waals surface area contributed by atoms with Gasteiger partial charge in [-0.15, -0.1) is 0 Å². The maximum absolute atomic E-state index is 11.2. The molecule has 0 aliphatic carbocycles. The average molecular weight is 364 g/mol. The lowest BCUT2D eigenvalue weighted by Gasteiger charge is -2.30. The van der Waals surface area contributed by atoms with Crippen molar-refractivity contribution in [1.29, 1.82) is 0 Å². The minimum absolute atomic E-state index is 0.0748. The van der Waals surface area contributed by atoms with E-state index in [9.17, 15) is 4.79 Å². The first-order valence-electron chi connectivity index (χ1n) is 9.75. The summed E-state index contributed by atoms with van der Waals surface area (Å²) in [6.07, 6.45) is 6.53. The third kappa shape index (κ3) is 7.47. The third-order valence-corrected chi connectivity index (χ3v) is 4.73. The van der Waals surface area contributed by atoms with Gasteiger partial charge in [0, 0.05) is 32.0 Å². The van der Waals surface area contributed by atoms with Crippen LogP contribution in [0.1, 0.15) is 38.4 Å². The van der Waals surface area contributed by atoms with Crippen molar-refractivity contribution in [3.05, 3.63) is 24.2 Å². The van der Waals surface area contributed by atoms with Crippen LogP contribution in [0.15, 0.2) is 27.8 Å². The number of furan rings is 1. The number of rotatable bonds is 10. The van der Waals surface area contributed by atoms with Crippen LogP contribution < -0.4 is 16.4 Å². The normalized spacial score (nSPS) is 16.6. The van der Waals surface area contributed by atoms with Crippen LogP contribution in [0.5, 0.6) is 0 Å². The summed E-state index contributed by atoms with van der Waals surface area (Å²) in [6, 6.07) is 3.89. The van der Waals surface area contributed by atoms with Gasteiger partial charge in [0.1, 0.15) is 5.76 Å². The molecule has 2 rings (SSSR count). The van der Waals surface area contributed by atoms with Crippen LogP contribution in [0.25, 0.3) is 0 Å². The molecule has 1 aliphatic rings. The number of guanidine groups is 1. The fourth-order valence-corrected chi connectivity index (χ4v) is 3.18. The van der Waals surface area contributed by atoms with Crippen molar-refractivity contribution in [2.75, 3.05) is 39.3 Å². The average Bonchev–Trinajstić information content (AvgIpc) is 3.15. The highest BCUT2D eigenvalue weighted by Gasteiger charge is 2.22. The van der Waals surface area contributed by atoms with Gasteiger partial charge in [0.05, 0.1) is 6.26 Å². The number of unbranched alkanes of at least 4 members (excludes halogenated alkanes) is 1. The van der Waals surface area contributed by atoms with Crippen LogP contribution in [-0.4, -0.2) is 56.0 Å². The Morgan fingerprint density at radius 3 is 2.81 bits per heavy atom. The second kappa shape index (κ2) is 11.6. The van der Waals surface area contributed by atoms with Gasteiger partial charge in [0.15, 0.2) is 5.96 Å². The summed E-state index contributed by atoms with van der Waals surface area (Å²) in [7, 11) is 0. The highest BCUT2D eigenvalue weighted by molar-refractivity contribution is 5.79. The summed E-state index contributed by atoms with van der Waals surface area (Å²) >= 11 is 0. The molecule has 0 radical (unpaired) electrons. The Kier molecular flexibility index (Phi) is 9.03. The molecule has 0 aromatic carbocycles. The predicted molar refractivity (Wildman–Crippen MR) is 104 cm³/mol. The molecular formula is C19H33N5O2. The third-order valence-electron chi connectivity index (χ3n) is 4.73. The molecule has 1 aromatic heterocycles. The first kappa shape index (κ1) is 20.3. The number of carbonyl (C=O) groups excluding carboxylic acids is 1. The molecule has 2 heterocycles. The summed E-state index contributed by atoms with van der Waals surface area (Å²) in [4.78, 5) is 18.3. The largest absolute Gasteiger partial charge is 0.469 e. The molecular weight excluding hydrogens is 330 g/mol. The fourth-order valence-electron chi connectivity index (χ4n) is 3.18. The van der Waals surface area contributed by atoms with Crippen LogP contribution in [0.3, 0.4) is 0 Å². The molecule has 1 amide bonds. The first-order valence-corrected chi connectivity index (χ1v) is 9.75. The van der Waals surface area contributed by atoms with Crippen LogP contribution in [0, 0.1) is 5.92 Å². The molecule has 1 fully saturated rings. The number of hydrogen-bond donors (Lipinski definition) is 3. The topological polar surface area (TPSA) is 95.9 Å². The predicted octanol–water partition coefficient (Wildman–Crippen LogP) is 1.35. The van der Waals surface area contributed by atoms with Gasteiger partial charge in [-0.05, 0) is 64.4 Å². The van der Waals surface area contributed by atoms with Gasteiger partial charge >= 0.3 is 0 Å². The van der Waals surface area contributed by atoms with E-state index >= 15 is 0 Å². The standard InChI is InChI=1S/C19H33N5O2/c1-2-21-19(23-11-7-17-6-5-15-26-17)22-10-3-4-12-24-13-8-16(9-14-24)18(20)25/h5-6,15-16H,2-4,7-14H2,1H3,(H2,20,25)(H2,21,22,23). The van der Waals surface area contributed by atoms with E-state index in [1.54, 1.807) is 6.26 Å². The van der Waals surface area contributed by atoms with Crippen molar-refractivity contribution >= 4 is 11.9 Å². The number of nitrogens with two attached hydrogens (primary N) is 1. The summed E-state index contributed by atoms with van der Waals surface area (Å²) in [5.74, 6) is 1.77. The molecule has 0 unspecified atom stereocenters. The lowest BCUT2D eigenvalue weighted by molar-refractivity contribution is -0.123. The number of hydrogen-bond acceptors (Lipinski definition) is 4. The van der Waals surface area contributed by atoms with E-state index in [1.807, 2.05) is 12.1 Å². The maximum atomic E-state index is 11.2. The summed E-state index contributed by atoms with van der Waals surface area (Å²) in [5, 5.41) is 6.61. The molecule has 0 saturated carbocycles. The quantitative estimate of drug-likeness (QED) is 0.331. The minimum Gasteiger partial charge on any atom is -0.469 e. The minimum atomic E-state index is -0.144. The van der Waals surface area contributed by atoms with Crippen LogP contribution in [0.4, 0.5) is 0 Å². The number of amides is 1. The Morgan fingerprint density at radius 1 is 1.35 bits per heavy atom. The van der Waals surface area contributed by atoms with E-state index in [0.29, 0.717) is 0 Å². The number of nitrogens with one attached hydrogen (secondary N) is 2. The Hall–Kier alpha value is -2.02. The molecule has 0 atom stereocenters. The van der Waals surface area contributed by atoms with Crippen molar-refractivity contribution in [1.82, 2.24) is 15.5 Å². The van der Waals surface area contributed by atoms with E-state index in [2.05, 4.69) is 27.4 Å². The highest BCUT2D eigenvalue weighted by atomic mass is 16.3. The van der Waals surface area contributed by atoms with E-state index in [4.69, 9.17) is 10.2 Å². The lowest BCUT2D eigenvalue weighted by atomic mass is 9.96. The van der Waals surface area contributed by atoms with E-state index in [-0.39, 0.29) is 11.8 Å². The zero-order chi connectivity index (χ0) is 18.6. The Labute approximate surface area is 156 Å². The number of aliphatic imine (C=N–C) groups is 1. The Morgan fingerprint density at radius 2 is 2.15 bits per heavy atom. The highest BCUT2D eigenvalue weighted by Crippen LogP contribution is 2.16. The number of carbonyl (C=O) groups is 1. The zero-order valence-corrected chi connectivity index (χ0v) is 15.9. The maximum Gasteiger partial charge on any atom is 0.220 e. The van der Waals surface area contributed by atoms with Gasteiger partial charge in [0.25, 0.3) is 0 Å². The molecule has 7 nitrogen and oxygen atoms in total. The van der Waals surface area contributed by atoms with Gasteiger partial charge in [-0.1, -0.05) is 0 Å². The van der Waals surface area contributed by atoms with Crippen molar-refractivity contribution in [3.63, 3.8) is 0 Å². The van der Waals surface area contributed by atoms with Crippen molar-refractivity contribution in [2.24, 2.45) is 16.6 Å². The van der Waals surface area contributed by atoms with Crippen molar-refractivity contribution in [3.8, 4) is 0 Å². The zero-order valence-electron chi connectivity index (χ0n) is 15.9. The summed E-state index contributed by atoms with van der Waals surface area (Å²) in [6.45, 7) is 7.56. The molecule has 4 N–H and O–H groups in total. The number of primary amides is 1. The molecule has 0 spiro atoms. The molecule has 146 valence electrons. The number of likely N-dealkylation sites (tertiary alicyclic amines) is 1. The Bertz CT molecular complexity index is 536. The summed E-state index contributed by atoms with van der Waals surface area (Å²) < 4.78 is 5.34.